The molecule has 0 atom stereocenters. The van der Waals surface area contributed by atoms with Gasteiger partial charge in [0.25, 0.3) is 6.73 Å². The summed E-state index contributed by atoms with van der Waals surface area (Å²) in [6.45, 7) is 2.02. The third kappa shape index (κ3) is 3.53. The van der Waals surface area contributed by atoms with Crippen LogP contribution in [0.3, 0.4) is 0 Å². The molecule has 0 N–H and O–H groups in total. The second-order valence-corrected chi connectivity index (χ2v) is 2.58. The zero-order chi connectivity index (χ0) is 8.97. The number of rotatable bonds is 3. The molecule has 1 heterocycles. The van der Waals surface area contributed by atoms with Gasteiger partial charge in [0.2, 0.25) is 0 Å². The van der Waals surface area contributed by atoms with E-state index in [1.54, 1.807) is 26.3 Å². The van der Waals surface area contributed by atoms with Crippen molar-refractivity contribution in [2.45, 2.75) is 13.7 Å². The monoisotopic (exact) mass is 201 g/mol. The summed E-state index contributed by atoms with van der Waals surface area (Å²) in [5.41, 5.74) is 0.703. The summed E-state index contributed by atoms with van der Waals surface area (Å²) in [4.78, 5) is 10.9. The zero-order valence-electron chi connectivity index (χ0n) is 7.66. The third-order valence-electron chi connectivity index (χ3n) is 1.54. The first-order chi connectivity index (χ1) is 5.74. The topological polar surface area (TPSA) is 30.2 Å². The Morgan fingerprint density at radius 3 is 2.85 bits per heavy atom. The van der Waals surface area contributed by atoms with Crippen LogP contribution in [0.4, 0.5) is 0 Å². The van der Waals surface area contributed by atoms with Crippen LogP contribution in [0.15, 0.2) is 24.5 Å². The highest BCUT2D eigenvalue weighted by molar-refractivity contribution is 5.93. The number of ketones is 1. The lowest BCUT2D eigenvalue weighted by atomic mass is 10.2. The lowest BCUT2D eigenvalue weighted by Crippen LogP contribution is -3.00. The van der Waals surface area contributed by atoms with Crippen LogP contribution < -0.4 is 17.0 Å². The number of hydrogen-bond donors (Lipinski definition) is 0. The van der Waals surface area contributed by atoms with E-state index in [1.165, 1.54) is 0 Å². The fourth-order valence-electron chi connectivity index (χ4n) is 0.960. The van der Waals surface area contributed by atoms with E-state index in [0.717, 1.165) is 0 Å². The van der Waals surface area contributed by atoms with Gasteiger partial charge in [-0.15, -0.1) is 0 Å². The Bertz CT molecular complexity index is 289. The molecule has 1 aromatic rings. The van der Waals surface area contributed by atoms with Gasteiger partial charge in [0.15, 0.2) is 18.2 Å². The van der Waals surface area contributed by atoms with Crippen molar-refractivity contribution < 1.29 is 26.5 Å². The minimum atomic E-state index is 0. The van der Waals surface area contributed by atoms with Gasteiger partial charge in [-0.3, -0.25) is 4.79 Å². The Labute approximate surface area is 83.7 Å². The van der Waals surface area contributed by atoms with E-state index < -0.39 is 0 Å². The Morgan fingerprint density at radius 2 is 2.31 bits per heavy atom. The van der Waals surface area contributed by atoms with Crippen LogP contribution in [-0.4, -0.2) is 12.9 Å². The fourth-order valence-corrected chi connectivity index (χ4v) is 0.960. The van der Waals surface area contributed by atoms with Crippen molar-refractivity contribution in [3.63, 3.8) is 0 Å². The van der Waals surface area contributed by atoms with Gasteiger partial charge in [-0.1, -0.05) is 0 Å². The molecule has 4 heteroatoms. The second-order valence-electron chi connectivity index (χ2n) is 2.58. The minimum Gasteiger partial charge on any atom is -1.00 e. The molecule has 3 nitrogen and oxygen atoms in total. The number of hydrogen-bond acceptors (Lipinski definition) is 2. The third-order valence-corrected chi connectivity index (χ3v) is 1.54. The first kappa shape index (κ1) is 12.1. The molecule has 0 aliphatic heterocycles. The van der Waals surface area contributed by atoms with Gasteiger partial charge in [-0.2, -0.15) is 4.57 Å². The normalized spacial score (nSPS) is 9.08. The van der Waals surface area contributed by atoms with Crippen LogP contribution in [0, 0.1) is 0 Å². The maximum absolute atomic E-state index is 10.9. The van der Waals surface area contributed by atoms with Crippen LogP contribution >= 0.6 is 0 Å². The summed E-state index contributed by atoms with van der Waals surface area (Å²) in [7, 11) is 1.62. The van der Waals surface area contributed by atoms with E-state index in [0.29, 0.717) is 12.3 Å². The number of halogens is 1. The van der Waals surface area contributed by atoms with E-state index in [-0.39, 0.29) is 18.2 Å². The molecule has 0 spiro atoms. The lowest BCUT2D eigenvalue weighted by Gasteiger charge is -1.95. The molecular weight excluding hydrogens is 190 g/mol. The quantitative estimate of drug-likeness (QED) is 0.410. The van der Waals surface area contributed by atoms with Gasteiger partial charge in [0.05, 0.1) is 5.56 Å². The van der Waals surface area contributed by atoms with Gasteiger partial charge >= 0.3 is 0 Å². The number of methoxy groups -OCH3 is 1. The first-order valence-corrected chi connectivity index (χ1v) is 3.73. The summed E-state index contributed by atoms with van der Waals surface area (Å²) in [6.07, 6.45) is 3.63. The maximum atomic E-state index is 10.9. The van der Waals surface area contributed by atoms with Crippen molar-refractivity contribution in [1.82, 2.24) is 0 Å². The van der Waals surface area contributed by atoms with Crippen molar-refractivity contribution in [3.8, 4) is 0 Å². The van der Waals surface area contributed by atoms with Crippen molar-refractivity contribution in [2.75, 3.05) is 7.11 Å². The molecule has 0 aromatic carbocycles. The van der Waals surface area contributed by atoms with Crippen LogP contribution in [0.1, 0.15) is 17.3 Å². The number of nitrogens with zero attached hydrogens (tertiary/aromatic N) is 1. The highest BCUT2D eigenvalue weighted by atomic mass is 35.5. The standard InChI is InChI=1S/C9H12NO2.ClH/c1-8(11)9-4-3-5-10(6-9)7-12-2;/h3-6H,7H2,1-2H3;1H/q+1;/p-1. The molecule has 0 bridgehead atoms. The van der Waals surface area contributed by atoms with Gasteiger partial charge in [-0.25, -0.2) is 0 Å². The second kappa shape index (κ2) is 5.67. The Kier molecular flexibility index (Phi) is 5.26. The summed E-state index contributed by atoms with van der Waals surface area (Å²) in [5.74, 6) is 0.0699. The molecule has 0 amide bonds. The van der Waals surface area contributed by atoms with Crippen LogP contribution in [0.5, 0.6) is 0 Å². The van der Waals surface area contributed by atoms with Crippen LogP contribution in [-0.2, 0) is 11.5 Å². The summed E-state index contributed by atoms with van der Waals surface area (Å²) in [6, 6.07) is 3.62. The van der Waals surface area contributed by atoms with Gasteiger partial charge in [-0.05, 0) is 13.0 Å². The maximum Gasteiger partial charge on any atom is 0.252 e. The van der Waals surface area contributed by atoms with Crippen LogP contribution in [0.2, 0.25) is 0 Å². The minimum absolute atomic E-state index is 0. The fraction of sp³-hybridized carbons (Fsp3) is 0.333. The molecule has 0 unspecified atom stereocenters. The average Bonchev–Trinajstić information content (AvgIpc) is 2.05. The van der Waals surface area contributed by atoms with Gasteiger partial charge in [0, 0.05) is 13.2 Å². The summed E-state index contributed by atoms with van der Waals surface area (Å²) < 4.78 is 6.73. The number of Topliss-reactive ketones (excluding diaryl/α,β-unsaturated/α-hetero) is 1. The smallest absolute Gasteiger partial charge is 0.252 e. The van der Waals surface area contributed by atoms with Crippen LogP contribution in [0.25, 0.3) is 0 Å². The molecule has 72 valence electrons. The lowest BCUT2D eigenvalue weighted by molar-refractivity contribution is -0.731. The molecule has 0 fully saturated rings. The molecule has 0 aliphatic carbocycles. The predicted molar refractivity (Wildman–Crippen MR) is 43.7 cm³/mol. The number of ether oxygens (including phenoxy) is 1. The number of pyridine rings is 1. The average molecular weight is 202 g/mol. The van der Waals surface area contributed by atoms with Crippen molar-refractivity contribution in [2.24, 2.45) is 0 Å². The highest BCUT2D eigenvalue weighted by Gasteiger charge is 2.04. The van der Waals surface area contributed by atoms with E-state index in [2.05, 4.69) is 0 Å². The number of aromatic nitrogens is 1. The zero-order valence-corrected chi connectivity index (χ0v) is 8.41. The molecular formula is C9H12ClNO2. The molecule has 13 heavy (non-hydrogen) atoms. The molecule has 0 aliphatic rings. The first-order valence-electron chi connectivity index (χ1n) is 3.73. The van der Waals surface area contributed by atoms with Gasteiger partial charge in [0.1, 0.15) is 0 Å². The summed E-state index contributed by atoms with van der Waals surface area (Å²) >= 11 is 0. The Balaban J connectivity index is 0.00000144. The summed E-state index contributed by atoms with van der Waals surface area (Å²) in [5, 5.41) is 0. The molecule has 1 rings (SSSR count). The number of carbonyl (C=O) groups excluding carboxylic acids is 1. The van der Waals surface area contributed by atoms with Gasteiger partial charge < -0.3 is 17.1 Å². The van der Waals surface area contributed by atoms with E-state index in [4.69, 9.17) is 4.74 Å². The van der Waals surface area contributed by atoms with Crippen molar-refractivity contribution in [3.05, 3.63) is 30.1 Å². The van der Waals surface area contributed by atoms with Crippen molar-refractivity contribution >= 4 is 5.78 Å². The number of carbonyl (C=O) groups is 1. The molecule has 0 saturated carbocycles. The largest absolute Gasteiger partial charge is 1.00 e. The predicted octanol–water partition coefficient (Wildman–Crippen LogP) is -2.22. The molecule has 0 saturated heterocycles. The van der Waals surface area contributed by atoms with Crippen molar-refractivity contribution in [1.29, 1.82) is 0 Å². The SMILES string of the molecule is COC[n+]1cccc(C(C)=O)c1.[Cl-]. The highest BCUT2D eigenvalue weighted by Crippen LogP contribution is 1.94. The Morgan fingerprint density at radius 1 is 1.62 bits per heavy atom. The Hall–Kier alpha value is -0.930. The van der Waals surface area contributed by atoms with E-state index in [9.17, 15) is 4.79 Å². The molecule has 1 aromatic heterocycles. The van der Waals surface area contributed by atoms with E-state index in [1.807, 2.05) is 16.8 Å². The van der Waals surface area contributed by atoms with E-state index >= 15 is 0 Å². The molecule has 0 radical (unpaired) electrons.